The molecule has 1 atom stereocenters. The van der Waals surface area contributed by atoms with Gasteiger partial charge in [0.15, 0.2) is 10.8 Å². The number of rotatable bonds is 5. The molecule has 0 aliphatic heterocycles. The van der Waals surface area contributed by atoms with Crippen molar-refractivity contribution in [1.82, 2.24) is 15.5 Å². The van der Waals surface area contributed by atoms with Crippen LogP contribution < -0.4 is 5.32 Å². The largest absolute Gasteiger partial charge is 0.459 e. The lowest BCUT2D eigenvalue weighted by atomic mass is 10.2. The Labute approximate surface area is 105 Å². The molecule has 0 saturated carbocycles. The Morgan fingerprint density at radius 1 is 1.35 bits per heavy atom. The van der Waals surface area contributed by atoms with Gasteiger partial charge < -0.3 is 9.73 Å². The molecule has 2 heterocycles. The molecule has 0 aliphatic carbocycles. The van der Waals surface area contributed by atoms with Gasteiger partial charge in [-0.05, 0) is 25.6 Å². The van der Waals surface area contributed by atoms with Crippen LogP contribution in [0.4, 0.5) is 0 Å². The zero-order chi connectivity index (χ0) is 12.3. The second-order valence-electron chi connectivity index (χ2n) is 3.81. The van der Waals surface area contributed by atoms with Crippen LogP contribution in [0.25, 0.3) is 10.8 Å². The highest BCUT2D eigenvalue weighted by Crippen LogP contribution is 2.29. The lowest BCUT2D eigenvalue weighted by Crippen LogP contribution is -2.14. The van der Waals surface area contributed by atoms with Gasteiger partial charge in [0.25, 0.3) is 0 Å². The number of aryl methyl sites for hydroxylation is 1. The molecule has 17 heavy (non-hydrogen) atoms. The molecular formula is C12H17N3OS. The normalized spacial score (nSPS) is 12.9. The summed E-state index contributed by atoms with van der Waals surface area (Å²) in [6, 6.07) is 4.23. The first-order chi connectivity index (χ1) is 8.28. The fraction of sp³-hybridized carbons (Fsp3) is 0.500. The van der Waals surface area contributed by atoms with Crippen molar-refractivity contribution in [2.24, 2.45) is 0 Å². The third-order valence-electron chi connectivity index (χ3n) is 2.72. The van der Waals surface area contributed by atoms with Crippen molar-refractivity contribution < 1.29 is 4.42 Å². The molecule has 0 bridgehead atoms. The second-order valence-corrected chi connectivity index (χ2v) is 4.82. The van der Waals surface area contributed by atoms with Crippen LogP contribution in [-0.2, 0) is 6.42 Å². The lowest BCUT2D eigenvalue weighted by molar-refractivity contribution is 0.528. The Morgan fingerprint density at radius 3 is 2.76 bits per heavy atom. The molecule has 0 aromatic carbocycles. The maximum absolute atomic E-state index is 5.67. The fourth-order valence-corrected chi connectivity index (χ4v) is 2.66. The fourth-order valence-electron chi connectivity index (χ4n) is 1.66. The number of nitrogens with one attached hydrogen (secondary N) is 1. The molecule has 2 aromatic rings. The standard InChI is InChI=1S/C12H17N3OS/c1-4-8-6-7-10(16-8)12-15-14-11(17-12)9(5-2)13-3/h6-7,9,13H,4-5H2,1-3H3. The average Bonchev–Trinajstić information content (AvgIpc) is 2.98. The van der Waals surface area contributed by atoms with E-state index >= 15 is 0 Å². The van der Waals surface area contributed by atoms with Gasteiger partial charge in [0.05, 0.1) is 6.04 Å². The van der Waals surface area contributed by atoms with E-state index in [1.165, 1.54) is 0 Å². The van der Waals surface area contributed by atoms with Gasteiger partial charge in [-0.15, -0.1) is 10.2 Å². The monoisotopic (exact) mass is 251 g/mol. The highest BCUT2D eigenvalue weighted by Gasteiger charge is 2.15. The predicted molar refractivity (Wildman–Crippen MR) is 69.1 cm³/mol. The Morgan fingerprint density at radius 2 is 2.18 bits per heavy atom. The second kappa shape index (κ2) is 5.42. The summed E-state index contributed by atoms with van der Waals surface area (Å²) in [5.74, 6) is 1.80. The molecule has 5 heteroatoms. The number of nitrogens with zero attached hydrogens (tertiary/aromatic N) is 2. The molecule has 0 amide bonds. The summed E-state index contributed by atoms with van der Waals surface area (Å²) in [6.07, 6.45) is 1.91. The van der Waals surface area contributed by atoms with E-state index in [4.69, 9.17) is 4.42 Å². The first kappa shape index (κ1) is 12.3. The topological polar surface area (TPSA) is 51.0 Å². The van der Waals surface area contributed by atoms with Crippen LogP contribution in [0.15, 0.2) is 16.5 Å². The molecule has 0 spiro atoms. The average molecular weight is 251 g/mol. The molecule has 1 N–H and O–H groups in total. The quantitative estimate of drug-likeness (QED) is 0.887. The molecule has 92 valence electrons. The van der Waals surface area contributed by atoms with Gasteiger partial charge in [-0.3, -0.25) is 0 Å². The first-order valence-electron chi connectivity index (χ1n) is 5.88. The molecule has 0 fully saturated rings. The van der Waals surface area contributed by atoms with Crippen LogP contribution in [0.1, 0.15) is 37.1 Å². The van der Waals surface area contributed by atoms with Gasteiger partial charge in [0, 0.05) is 6.42 Å². The predicted octanol–water partition coefficient (Wildman–Crippen LogP) is 3.03. The Bertz CT molecular complexity index is 474. The van der Waals surface area contributed by atoms with Crippen molar-refractivity contribution in [3.63, 3.8) is 0 Å². The number of furan rings is 1. The van der Waals surface area contributed by atoms with Crippen molar-refractivity contribution in [3.8, 4) is 10.8 Å². The summed E-state index contributed by atoms with van der Waals surface area (Å²) in [7, 11) is 1.94. The summed E-state index contributed by atoms with van der Waals surface area (Å²) in [5.41, 5.74) is 0. The van der Waals surface area contributed by atoms with Crippen molar-refractivity contribution in [1.29, 1.82) is 0 Å². The summed E-state index contributed by atoms with van der Waals surface area (Å²) in [6.45, 7) is 4.20. The third kappa shape index (κ3) is 2.56. The smallest absolute Gasteiger partial charge is 0.183 e. The van der Waals surface area contributed by atoms with E-state index in [-0.39, 0.29) is 6.04 Å². The molecule has 0 saturated heterocycles. The van der Waals surface area contributed by atoms with Crippen LogP contribution in [0.2, 0.25) is 0 Å². The van der Waals surface area contributed by atoms with E-state index < -0.39 is 0 Å². The third-order valence-corrected chi connectivity index (χ3v) is 3.77. The maximum Gasteiger partial charge on any atom is 0.183 e. The van der Waals surface area contributed by atoms with Crippen LogP contribution in [0.5, 0.6) is 0 Å². The molecular weight excluding hydrogens is 234 g/mol. The van der Waals surface area contributed by atoms with Gasteiger partial charge in [0.2, 0.25) is 0 Å². The van der Waals surface area contributed by atoms with E-state index in [0.29, 0.717) is 0 Å². The van der Waals surface area contributed by atoms with Crippen molar-refractivity contribution in [3.05, 3.63) is 22.9 Å². The zero-order valence-corrected chi connectivity index (χ0v) is 11.2. The highest BCUT2D eigenvalue weighted by atomic mass is 32.1. The zero-order valence-electron chi connectivity index (χ0n) is 10.4. The summed E-state index contributed by atoms with van der Waals surface area (Å²) in [5, 5.41) is 13.5. The molecule has 1 unspecified atom stereocenters. The lowest BCUT2D eigenvalue weighted by Gasteiger charge is -2.07. The van der Waals surface area contributed by atoms with Crippen molar-refractivity contribution in [2.45, 2.75) is 32.7 Å². The summed E-state index contributed by atoms with van der Waals surface area (Å²) in [4.78, 5) is 0. The number of hydrogen-bond donors (Lipinski definition) is 1. The first-order valence-corrected chi connectivity index (χ1v) is 6.69. The van der Waals surface area contributed by atoms with Crippen molar-refractivity contribution in [2.75, 3.05) is 7.05 Å². The van der Waals surface area contributed by atoms with E-state index in [1.54, 1.807) is 11.3 Å². The van der Waals surface area contributed by atoms with Crippen LogP contribution >= 0.6 is 11.3 Å². The van der Waals surface area contributed by atoms with Gasteiger partial charge in [-0.25, -0.2) is 0 Å². The van der Waals surface area contributed by atoms with Crippen LogP contribution in [0.3, 0.4) is 0 Å². The minimum Gasteiger partial charge on any atom is -0.459 e. The molecule has 4 nitrogen and oxygen atoms in total. The van der Waals surface area contributed by atoms with Gasteiger partial charge in [-0.1, -0.05) is 25.2 Å². The molecule has 2 rings (SSSR count). The molecule has 0 radical (unpaired) electrons. The minimum atomic E-state index is 0.279. The minimum absolute atomic E-state index is 0.279. The van der Waals surface area contributed by atoms with Crippen molar-refractivity contribution >= 4 is 11.3 Å². The van der Waals surface area contributed by atoms with Gasteiger partial charge in [0.1, 0.15) is 10.8 Å². The van der Waals surface area contributed by atoms with Crippen LogP contribution in [0, 0.1) is 0 Å². The molecule has 0 aliphatic rings. The highest BCUT2D eigenvalue weighted by molar-refractivity contribution is 7.14. The maximum atomic E-state index is 5.67. The number of aromatic nitrogens is 2. The van der Waals surface area contributed by atoms with E-state index in [9.17, 15) is 0 Å². The number of hydrogen-bond acceptors (Lipinski definition) is 5. The SMILES string of the molecule is CCc1ccc(-c2nnc(C(CC)NC)s2)o1. The van der Waals surface area contributed by atoms with Crippen LogP contribution in [-0.4, -0.2) is 17.2 Å². The summed E-state index contributed by atoms with van der Waals surface area (Å²) < 4.78 is 5.67. The van der Waals surface area contributed by atoms with Gasteiger partial charge >= 0.3 is 0 Å². The van der Waals surface area contributed by atoms with E-state index in [0.717, 1.165) is 34.4 Å². The summed E-state index contributed by atoms with van der Waals surface area (Å²) >= 11 is 1.59. The van der Waals surface area contributed by atoms with E-state index in [1.807, 2.05) is 19.2 Å². The molecule has 2 aromatic heterocycles. The Kier molecular flexibility index (Phi) is 3.91. The Balaban J connectivity index is 2.22. The Hall–Kier alpha value is -1.20. The van der Waals surface area contributed by atoms with Gasteiger partial charge in [-0.2, -0.15) is 0 Å². The van der Waals surface area contributed by atoms with E-state index in [2.05, 4.69) is 29.4 Å².